The quantitative estimate of drug-likeness (QED) is 0.739. The van der Waals surface area contributed by atoms with Crippen LogP contribution in [-0.2, 0) is 4.74 Å². The van der Waals surface area contributed by atoms with E-state index in [-0.39, 0.29) is 12.0 Å². The molecule has 0 aromatic rings. The number of ether oxygens (including phenoxy) is 1. The monoisotopic (exact) mass is 216 g/mol. The van der Waals surface area contributed by atoms with Gasteiger partial charge in [0.05, 0.1) is 11.7 Å². The highest BCUT2D eigenvalue weighted by Gasteiger charge is 2.65. The van der Waals surface area contributed by atoms with Gasteiger partial charge in [0.25, 0.3) is 0 Å². The van der Waals surface area contributed by atoms with E-state index in [1.165, 1.54) is 0 Å². The fraction of sp³-hybridized carbons (Fsp3) is 1.00. The molecule has 0 aliphatic carbocycles. The molecule has 1 aliphatic heterocycles. The summed E-state index contributed by atoms with van der Waals surface area (Å²) in [5, 5.41) is 20.8. The molecule has 90 valence electrons. The van der Waals surface area contributed by atoms with Gasteiger partial charge in [-0.25, -0.2) is 0 Å². The molecule has 3 nitrogen and oxygen atoms in total. The van der Waals surface area contributed by atoms with E-state index in [1.807, 2.05) is 20.8 Å². The van der Waals surface area contributed by atoms with Crippen LogP contribution < -0.4 is 0 Å². The first-order valence-corrected chi connectivity index (χ1v) is 5.70. The topological polar surface area (TPSA) is 49.7 Å². The van der Waals surface area contributed by atoms with E-state index in [9.17, 15) is 10.2 Å². The van der Waals surface area contributed by atoms with E-state index in [0.717, 1.165) is 6.42 Å². The van der Waals surface area contributed by atoms with Gasteiger partial charge in [-0.2, -0.15) is 0 Å². The van der Waals surface area contributed by atoms with Gasteiger partial charge in [-0.1, -0.05) is 20.3 Å². The van der Waals surface area contributed by atoms with Gasteiger partial charge in [0, 0.05) is 0 Å². The molecular formula is C12H24O3. The van der Waals surface area contributed by atoms with Crippen molar-refractivity contribution in [1.29, 1.82) is 0 Å². The Hall–Kier alpha value is -0.120. The summed E-state index contributed by atoms with van der Waals surface area (Å²) >= 11 is 0. The lowest BCUT2D eigenvalue weighted by Gasteiger charge is -2.39. The lowest BCUT2D eigenvalue weighted by atomic mass is 9.73. The van der Waals surface area contributed by atoms with E-state index in [0.29, 0.717) is 0 Å². The molecule has 4 unspecified atom stereocenters. The maximum atomic E-state index is 10.4. The summed E-state index contributed by atoms with van der Waals surface area (Å²) in [6.07, 6.45) is 0.611. The van der Waals surface area contributed by atoms with Crippen molar-refractivity contribution in [2.75, 3.05) is 0 Å². The summed E-state index contributed by atoms with van der Waals surface area (Å²) in [6.45, 7) is 11.1. The second kappa shape index (κ2) is 3.44. The minimum absolute atomic E-state index is 0.230. The Morgan fingerprint density at radius 2 is 1.67 bits per heavy atom. The number of hydrogen-bond acceptors (Lipinski definition) is 3. The fourth-order valence-electron chi connectivity index (χ4n) is 2.32. The van der Waals surface area contributed by atoms with Crippen LogP contribution in [0.2, 0.25) is 0 Å². The van der Waals surface area contributed by atoms with Crippen LogP contribution in [0.4, 0.5) is 0 Å². The van der Waals surface area contributed by atoms with Gasteiger partial charge in [0.1, 0.15) is 11.2 Å². The SMILES string of the molecule is CCC(C)C1OC(C)(C)C(C)(O)C1(C)O. The highest BCUT2D eigenvalue weighted by molar-refractivity contribution is 5.14. The first-order chi connectivity index (χ1) is 6.58. The highest BCUT2D eigenvalue weighted by Crippen LogP contribution is 2.48. The lowest BCUT2D eigenvalue weighted by molar-refractivity contribution is -0.142. The summed E-state index contributed by atoms with van der Waals surface area (Å²) < 4.78 is 5.83. The molecule has 1 heterocycles. The Balaban J connectivity index is 3.08. The van der Waals surface area contributed by atoms with Crippen molar-refractivity contribution >= 4 is 0 Å². The number of rotatable bonds is 2. The van der Waals surface area contributed by atoms with Gasteiger partial charge < -0.3 is 14.9 Å². The molecule has 0 amide bonds. The van der Waals surface area contributed by atoms with Crippen molar-refractivity contribution < 1.29 is 14.9 Å². The van der Waals surface area contributed by atoms with E-state index in [1.54, 1.807) is 13.8 Å². The molecule has 0 aromatic carbocycles. The molecule has 1 rings (SSSR count). The van der Waals surface area contributed by atoms with Gasteiger partial charge in [0.2, 0.25) is 0 Å². The van der Waals surface area contributed by atoms with Crippen molar-refractivity contribution in [3.8, 4) is 0 Å². The first-order valence-electron chi connectivity index (χ1n) is 5.70. The molecule has 1 saturated heterocycles. The van der Waals surface area contributed by atoms with Gasteiger partial charge in [-0.15, -0.1) is 0 Å². The van der Waals surface area contributed by atoms with Gasteiger partial charge >= 0.3 is 0 Å². The lowest BCUT2D eigenvalue weighted by Crippen LogP contribution is -2.59. The third-order valence-electron chi connectivity index (χ3n) is 4.29. The van der Waals surface area contributed by atoms with Crippen molar-refractivity contribution in [3.05, 3.63) is 0 Å². The number of aliphatic hydroxyl groups is 2. The standard InChI is InChI=1S/C12H24O3/c1-7-8(2)9-11(5,13)12(6,14)10(3,4)15-9/h8-9,13-14H,7H2,1-6H3. The molecule has 1 fully saturated rings. The largest absolute Gasteiger partial charge is 0.384 e. The van der Waals surface area contributed by atoms with Crippen molar-refractivity contribution in [1.82, 2.24) is 0 Å². The maximum Gasteiger partial charge on any atom is 0.121 e. The summed E-state index contributed by atoms with van der Waals surface area (Å²) in [7, 11) is 0. The Morgan fingerprint density at radius 1 is 1.20 bits per heavy atom. The zero-order valence-electron chi connectivity index (χ0n) is 10.7. The summed E-state index contributed by atoms with van der Waals surface area (Å²) in [5.41, 5.74) is -3.15. The minimum Gasteiger partial charge on any atom is -0.384 e. The molecule has 0 saturated carbocycles. The van der Waals surface area contributed by atoms with E-state index in [2.05, 4.69) is 6.92 Å². The Labute approximate surface area is 92.4 Å². The van der Waals surface area contributed by atoms with Crippen molar-refractivity contribution in [2.24, 2.45) is 5.92 Å². The van der Waals surface area contributed by atoms with E-state index in [4.69, 9.17) is 4.74 Å². The van der Waals surface area contributed by atoms with Gasteiger partial charge in [-0.3, -0.25) is 0 Å². The summed E-state index contributed by atoms with van der Waals surface area (Å²) in [5.74, 6) is 0.230. The van der Waals surface area contributed by atoms with Crippen LogP contribution in [-0.4, -0.2) is 33.1 Å². The molecule has 0 bridgehead atoms. The maximum absolute atomic E-state index is 10.4. The zero-order chi connectivity index (χ0) is 12.1. The second-order valence-electron chi connectivity index (χ2n) is 5.65. The molecule has 4 atom stereocenters. The van der Waals surface area contributed by atoms with E-state index >= 15 is 0 Å². The van der Waals surface area contributed by atoms with Gasteiger partial charge in [-0.05, 0) is 33.6 Å². The molecule has 1 aliphatic rings. The average molecular weight is 216 g/mol. The Morgan fingerprint density at radius 3 is 1.93 bits per heavy atom. The third kappa shape index (κ3) is 1.61. The molecule has 0 radical (unpaired) electrons. The van der Waals surface area contributed by atoms with Crippen LogP contribution in [0, 0.1) is 5.92 Å². The molecule has 3 heteroatoms. The second-order valence-corrected chi connectivity index (χ2v) is 5.65. The molecule has 0 aromatic heterocycles. The Kier molecular flexibility index (Phi) is 2.97. The van der Waals surface area contributed by atoms with Crippen LogP contribution in [0.25, 0.3) is 0 Å². The van der Waals surface area contributed by atoms with Crippen molar-refractivity contribution in [3.63, 3.8) is 0 Å². The predicted molar refractivity (Wildman–Crippen MR) is 59.7 cm³/mol. The zero-order valence-corrected chi connectivity index (χ0v) is 10.7. The predicted octanol–water partition coefficient (Wildman–Crippen LogP) is 1.71. The average Bonchev–Trinajstić information content (AvgIpc) is 2.22. The fourth-order valence-corrected chi connectivity index (χ4v) is 2.32. The van der Waals surface area contributed by atoms with E-state index < -0.39 is 16.8 Å². The van der Waals surface area contributed by atoms with Crippen LogP contribution >= 0.6 is 0 Å². The summed E-state index contributed by atoms with van der Waals surface area (Å²) in [4.78, 5) is 0. The van der Waals surface area contributed by atoms with Gasteiger partial charge in [0.15, 0.2) is 0 Å². The highest BCUT2D eigenvalue weighted by atomic mass is 16.6. The normalized spacial score (nSPS) is 46.8. The molecular weight excluding hydrogens is 192 g/mol. The minimum atomic E-state index is -1.23. The van der Waals surface area contributed by atoms with Crippen LogP contribution in [0.15, 0.2) is 0 Å². The molecule has 15 heavy (non-hydrogen) atoms. The molecule has 2 N–H and O–H groups in total. The van der Waals surface area contributed by atoms with Crippen LogP contribution in [0.5, 0.6) is 0 Å². The van der Waals surface area contributed by atoms with Crippen LogP contribution in [0.1, 0.15) is 48.0 Å². The molecule has 0 spiro atoms. The van der Waals surface area contributed by atoms with Crippen LogP contribution in [0.3, 0.4) is 0 Å². The Bertz CT molecular complexity index is 243. The number of hydrogen-bond donors (Lipinski definition) is 2. The van der Waals surface area contributed by atoms with Crippen molar-refractivity contribution in [2.45, 2.75) is 70.9 Å². The smallest absolute Gasteiger partial charge is 0.121 e. The third-order valence-corrected chi connectivity index (χ3v) is 4.29. The summed E-state index contributed by atoms with van der Waals surface area (Å²) in [6, 6.07) is 0. The first kappa shape index (κ1) is 12.9.